The van der Waals surface area contributed by atoms with Crippen LogP contribution >= 0.6 is 0 Å². The summed E-state index contributed by atoms with van der Waals surface area (Å²) in [6, 6.07) is 7.73. The number of carbonyl (C=O) groups excluding carboxylic acids is 2. The Labute approximate surface area is 142 Å². The first-order chi connectivity index (χ1) is 11.6. The van der Waals surface area contributed by atoms with E-state index in [-0.39, 0.29) is 24.0 Å². The van der Waals surface area contributed by atoms with Gasteiger partial charge in [0.2, 0.25) is 11.8 Å². The largest absolute Gasteiger partial charge is 0.381 e. The van der Waals surface area contributed by atoms with Gasteiger partial charge in [-0.05, 0) is 30.0 Å². The molecule has 0 aliphatic carbocycles. The fourth-order valence-corrected chi connectivity index (χ4v) is 3.55. The summed E-state index contributed by atoms with van der Waals surface area (Å²) in [7, 11) is 1.72. The lowest BCUT2D eigenvalue weighted by Gasteiger charge is -2.36. The minimum Gasteiger partial charge on any atom is -0.381 e. The molecule has 1 saturated heterocycles. The Bertz CT molecular complexity index is 648. The summed E-state index contributed by atoms with van der Waals surface area (Å²) in [4.78, 5) is 28.3. The minimum atomic E-state index is -0.226. The van der Waals surface area contributed by atoms with E-state index in [1.165, 1.54) is 0 Å². The van der Waals surface area contributed by atoms with Gasteiger partial charge in [-0.1, -0.05) is 24.3 Å². The molecule has 0 spiro atoms. The molecule has 1 aromatic rings. The average Bonchev–Trinajstić information content (AvgIpc) is 2.61. The maximum atomic E-state index is 12.8. The summed E-state index contributed by atoms with van der Waals surface area (Å²) >= 11 is 0. The van der Waals surface area contributed by atoms with Crippen LogP contribution in [0.4, 0.5) is 0 Å². The van der Waals surface area contributed by atoms with Crippen molar-refractivity contribution in [1.29, 1.82) is 0 Å². The van der Waals surface area contributed by atoms with E-state index < -0.39 is 0 Å². The molecule has 0 aromatic heterocycles. The van der Waals surface area contributed by atoms with Gasteiger partial charge in [-0.25, -0.2) is 0 Å². The van der Waals surface area contributed by atoms with Crippen LogP contribution in [0.5, 0.6) is 0 Å². The van der Waals surface area contributed by atoms with Crippen LogP contribution in [-0.2, 0) is 14.3 Å². The predicted octanol–water partition coefficient (Wildman–Crippen LogP) is 2.59. The minimum absolute atomic E-state index is 0.0448. The average molecular weight is 328 g/mol. The third-order valence-corrected chi connectivity index (χ3v) is 4.97. The van der Waals surface area contributed by atoms with Crippen LogP contribution < -0.4 is 0 Å². The number of likely N-dealkylation sites (tertiary alicyclic amines) is 1. The summed E-state index contributed by atoms with van der Waals surface area (Å²) in [5.41, 5.74) is 2.11. The van der Waals surface area contributed by atoms with Crippen molar-refractivity contribution in [3.63, 3.8) is 0 Å². The highest BCUT2D eigenvalue weighted by atomic mass is 16.5. The first kappa shape index (κ1) is 16.7. The first-order valence-electron chi connectivity index (χ1n) is 8.46. The Morgan fingerprint density at radius 3 is 2.58 bits per heavy atom. The zero-order chi connectivity index (χ0) is 17.1. The van der Waals surface area contributed by atoms with Crippen molar-refractivity contribution in [1.82, 2.24) is 9.80 Å². The number of amides is 2. The molecule has 1 atom stereocenters. The highest BCUT2D eigenvalue weighted by Crippen LogP contribution is 2.33. The number of methoxy groups -OCH3 is 1. The van der Waals surface area contributed by atoms with Gasteiger partial charge in [-0.15, -0.1) is 0 Å². The lowest BCUT2D eigenvalue weighted by molar-refractivity contribution is -0.136. The fraction of sp³-hybridized carbons (Fsp3) is 0.474. The number of hydrogen-bond acceptors (Lipinski definition) is 3. The summed E-state index contributed by atoms with van der Waals surface area (Å²) < 4.78 is 5.36. The van der Waals surface area contributed by atoms with Crippen LogP contribution in [0.1, 0.15) is 43.4 Å². The maximum Gasteiger partial charge on any atom is 0.225 e. The molecule has 2 amide bonds. The topological polar surface area (TPSA) is 49.9 Å². The number of ether oxygens (including phenoxy) is 1. The first-order valence-corrected chi connectivity index (χ1v) is 8.46. The SMILES string of the molecule is COC1CCN(C(=O)C[C@@H]2c3ccccc3C=CN2C(C)=O)CC1. The second kappa shape index (κ2) is 7.18. The molecule has 2 heterocycles. The van der Waals surface area contributed by atoms with Gasteiger partial charge >= 0.3 is 0 Å². The van der Waals surface area contributed by atoms with Crippen molar-refractivity contribution >= 4 is 17.9 Å². The van der Waals surface area contributed by atoms with Crippen LogP contribution in [0.2, 0.25) is 0 Å². The molecule has 0 bridgehead atoms. The molecular weight excluding hydrogens is 304 g/mol. The number of piperidine rings is 1. The molecule has 1 fully saturated rings. The van der Waals surface area contributed by atoms with Crippen LogP contribution in [0, 0.1) is 0 Å². The molecule has 2 aliphatic heterocycles. The van der Waals surface area contributed by atoms with Crippen LogP contribution in [0.3, 0.4) is 0 Å². The Morgan fingerprint density at radius 1 is 1.21 bits per heavy atom. The highest BCUT2D eigenvalue weighted by Gasteiger charge is 2.31. The molecule has 1 aromatic carbocycles. The number of rotatable bonds is 3. The zero-order valence-electron chi connectivity index (χ0n) is 14.3. The molecule has 2 aliphatic rings. The summed E-state index contributed by atoms with van der Waals surface area (Å²) in [5.74, 6) is 0.0579. The smallest absolute Gasteiger partial charge is 0.225 e. The highest BCUT2D eigenvalue weighted by molar-refractivity contribution is 5.82. The van der Waals surface area contributed by atoms with Gasteiger partial charge in [0.05, 0.1) is 18.6 Å². The molecular formula is C19H24N2O3. The van der Waals surface area contributed by atoms with Crippen molar-refractivity contribution in [2.24, 2.45) is 0 Å². The van der Waals surface area contributed by atoms with E-state index in [1.54, 1.807) is 25.1 Å². The van der Waals surface area contributed by atoms with Crippen molar-refractivity contribution in [2.45, 2.75) is 38.3 Å². The third kappa shape index (κ3) is 3.36. The van der Waals surface area contributed by atoms with E-state index in [9.17, 15) is 9.59 Å². The van der Waals surface area contributed by atoms with Gasteiger partial charge in [0.15, 0.2) is 0 Å². The van der Waals surface area contributed by atoms with Gasteiger partial charge in [-0.3, -0.25) is 9.59 Å². The summed E-state index contributed by atoms with van der Waals surface area (Å²) in [6.45, 7) is 2.99. The van der Waals surface area contributed by atoms with E-state index in [2.05, 4.69) is 0 Å². The maximum absolute atomic E-state index is 12.8. The quantitative estimate of drug-likeness (QED) is 0.857. The standard InChI is InChI=1S/C19H24N2O3/c1-14(22)21-12-7-15-5-3-4-6-17(15)18(21)13-19(23)20-10-8-16(24-2)9-11-20/h3-7,12,16,18H,8-11,13H2,1-2H3/t18-/m1/s1. The predicted molar refractivity (Wildman–Crippen MR) is 92.0 cm³/mol. The van der Waals surface area contributed by atoms with Crippen molar-refractivity contribution in [3.05, 3.63) is 41.6 Å². The number of benzene rings is 1. The van der Waals surface area contributed by atoms with E-state index in [0.29, 0.717) is 6.42 Å². The Morgan fingerprint density at radius 2 is 1.92 bits per heavy atom. The lowest BCUT2D eigenvalue weighted by atomic mass is 9.93. The lowest BCUT2D eigenvalue weighted by Crippen LogP contribution is -2.42. The third-order valence-electron chi connectivity index (χ3n) is 4.97. The van der Waals surface area contributed by atoms with E-state index in [4.69, 9.17) is 4.74 Å². The molecule has 5 heteroatoms. The summed E-state index contributed by atoms with van der Waals surface area (Å²) in [5, 5.41) is 0. The Hall–Kier alpha value is -2.14. The molecule has 0 radical (unpaired) electrons. The molecule has 5 nitrogen and oxygen atoms in total. The summed E-state index contributed by atoms with van der Waals surface area (Å²) in [6.07, 6.45) is 6.04. The number of nitrogens with zero attached hydrogens (tertiary/aromatic N) is 2. The fourth-order valence-electron chi connectivity index (χ4n) is 3.55. The molecule has 0 saturated carbocycles. The Kier molecular flexibility index (Phi) is 5.00. The van der Waals surface area contributed by atoms with Crippen molar-refractivity contribution in [2.75, 3.05) is 20.2 Å². The monoisotopic (exact) mass is 328 g/mol. The second-order valence-corrected chi connectivity index (χ2v) is 6.41. The van der Waals surface area contributed by atoms with Gasteiger partial charge in [-0.2, -0.15) is 0 Å². The number of carbonyl (C=O) groups is 2. The van der Waals surface area contributed by atoms with Gasteiger partial charge in [0.25, 0.3) is 0 Å². The van der Waals surface area contributed by atoms with Crippen LogP contribution in [0.25, 0.3) is 6.08 Å². The van der Waals surface area contributed by atoms with E-state index >= 15 is 0 Å². The van der Waals surface area contributed by atoms with Crippen molar-refractivity contribution < 1.29 is 14.3 Å². The molecule has 0 unspecified atom stereocenters. The van der Waals surface area contributed by atoms with E-state index in [0.717, 1.165) is 37.1 Å². The van der Waals surface area contributed by atoms with Crippen LogP contribution in [0.15, 0.2) is 30.5 Å². The van der Waals surface area contributed by atoms with Gasteiger partial charge < -0.3 is 14.5 Å². The van der Waals surface area contributed by atoms with Crippen molar-refractivity contribution in [3.8, 4) is 0 Å². The normalized spacial score (nSPS) is 20.8. The van der Waals surface area contributed by atoms with E-state index in [1.807, 2.05) is 35.2 Å². The number of fused-ring (bicyclic) bond motifs is 1. The second-order valence-electron chi connectivity index (χ2n) is 6.41. The molecule has 24 heavy (non-hydrogen) atoms. The zero-order valence-corrected chi connectivity index (χ0v) is 14.3. The van der Waals surface area contributed by atoms with Gasteiger partial charge in [0, 0.05) is 33.3 Å². The number of hydrogen-bond donors (Lipinski definition) is 0. The molecule has 0 N–H and O–H groups in total. The molecule has 3 rings (SSSR count). The van der Waals surface area contributed by atoms with Crippen LogP contribution in [-0.4, -0.2) is 47.9 Å². The Balaban J connectivity index is 1.75. The van der Waals surface area contributed by atoms with Gasteiger partial charge in [0.1, 0.15) is 0 Å². The molecule has 128 valence electrons.